The maximum absolute atomic E-state index is 5.13. The number of hydrogen-bond donors (Lipinski definition) is 0. The number of aromatic nitrogens is 4. The van der Waals surface area contributed by atoms with Crippen LogP contribution in [0.5, 0.6) is 0 Å². The highest BCUT2D eigenvalue weighted by Gasteiger charge is 2.16. The van der Waals surface area contributed by atoms with Crippen molar-refractivity contribution in [3.8, 4) is 72.4 Å². The highest BCUT2D eigenvalue weighted by atomic mass is 15.5. The summed E-state index contributed by atoms with van der Waals surface area (Å²) in [6.07, 6.45) is 12.7. The Morgan fingerprint density at radius 3 is 1.56 bits per heavy atom. The Morgan fingerprint density at radius 1 is 0.404 bits per heavy atom. The van der Waals surface area contributed by atoms with Crippen molar-refractivity contribution in [2.24, 2.45) is 0 Å². The van der Waals surface area contributed by atoms with Gasteiger partial charge in [0.25, 0.3) is 0 Å². The smallest absolute Gasteiger partial charge is 0.121 e. The van der Waals surface area contributed by atoms with Crippen LogP contribution in [-0.2, 0) is 0 Å². The summed E-state index contributed by atoms with van der Waals surface area (Å²) in [5.41, 5.74) is 18.7. The summed E-state index contributed by atoms with van der Waals surface area (Å²) in [4.78, 5) is 6.08. The molecule has 0 saturated heterocycles. The number of benzene rings is 7. The lowest BCUT2D eigenvalue weighted by Crippen LogP contribution is -1.98. The van der Waals surface area contributed by atoms with E-state index < -0.39 is 0 Å². The van der Waals surface area contributed by atoms with Crippen LogP contribution < -0.4 is 0 Å². The lowest BCUT2D eigenvalue weighted by molar-refractivity contribution is 0.766. The molecule has 4 heteroatoms. The third-order valence-electron chi connectivity index (χ3n) is 10.8. The molecule has 57 heavy (non-hydrogen) atoms. The molecule has 2 aromatic heterocycles. The first kappa shape index (κ1) is 34.1. The second-order valence-corrected chi connectivity index (χ2v) is 14.5. The minimum absolute atomic E-state index is 0.834. The van der Waals surface area contributed by atoms with Crippen molar-refractivity contribution in [2.75, 3.05) is 0 Å². The third kappa shape index (κ3) is 7.01. The Morgan fingerprint density at radius 2 is 0.965 bits per heavy atom. The zero-order valence-electron chi connectivity index (χ0n) is 31.3. The van der Waals surface area contributed by atoms with Crippen molar-refractivity contribution in [2.45, 2.75) is 12.8 Å². The molecule has 0 amide bonds. The van der Waals surface area contributed by atoms with Gasteiger partial charge in [-0.1, -0.05) is 164 Å². The van der Waals surface area contributed by atoms with Gasteiger partial charge in [-0.2, -0.15) is 4.80 Å². The van der Waals surface area contributed by atoms with Crippen LogP contribution in [0.2, 0.25) is 0 Å². The molecule has 1 aliphatic carbocycles. The van der Waals surface area contributed by atoms with Gasteiger partial charge in [0.05, 0.1) is 5.69 Å². The molecular weight excluding hydrogens is 693 g/mol. The van der Waals surface area contributed by atoms with Crippen molar-refractivity contribution < 1.29 is 0 Å². The van der Waals surface area contributed by atoms with Gasteiger partial charge in [0.15, 0.2) is 0 Å². The van der Waals surface area contributed by atoms with E-state index in [-0.39, 0.29) is 0 Å². The quantitative estimate of drug-likeness (QED) is 0.156. The van der Waals surface area contributed by atoms with Crippen molar-refractivity contribution in [1.29, 1.82) is 0 Å². The van der Waals surface area contributed by atoms with Crippen LogP contribution in [0.15, 0.2) is 207 Å². The second-order valence-electron chi connectivity index (χ2n) is 14.5. The maximum atomic E-state index is 5.13. The largest absolute Gasteiger partial charge is 0.264 e. The van der Waals surface area contributed by atoms with Crippen LogP contribution in [0.3, 0.4) is 0 Å². The van der Waals surface area contributed by atoms with Crippen LogP contribution in [0.1, 0.15) is 18.4 Å². The molecule has 7 aromatic carbocycles. The molecule has 0 radical (unpaired) electrons. The molecule has 0 aliphatic heterocycles. The number of pyridine rings is 1. The molecule has 4 nitrogen and oxygen atoms in total. The molecule has 2 heterocycles. The molecule has 10 rings (SSSR count). The summed E-state index contributed by atoms with van der Waals surface area (Å²) in [7, 11) is 0. The average Bonchev–Trinajstić information content (AvgIpc) is 3.75. The first-order valence-corrected chi connectivity index (χ1v) is 19.5. The van der Waals surface area contributed by atoms with Gasteiger partial charge < -0.3 is 0 Å². The maximum Gasteiger partial charge on any atom is 0.121 e. The highest BCUT2D eigenvalue weighted by molar-refractivity contribution is 5.96. The predicted molar refractivity (Wildman–Crippen MR) is 236 cm³/mol. The fourth-order valence-corrected chi connectivity index (χ4v) is 7.73. The van der Waals surface area contributed by atoms with Crippen molar-refractivity contribution >= 4 is 16.6 Å². The van der Waals surface area contributed by atoms with Crippen molar-refractivity contribution in [3.63, 3.8) is 0 Å². The zero-order valence-corrected chi connectivity index (χ0v) is 31.3. The van der Waals surface area contributed by atoms with E-state index in [1.807, 2.05) is 24.4 Å². The molecular formula is C53H38N4. The Bertz CT molecular complexity index is 2890. The van der Waals surface area contributed by atoms with Crippen LogP contribution in [-0.4, -0.2) is 20.0 Å². The minimum atomic E-state index is 0.834. The van der Waals surface area contributed by atoms with Gasteiger partial charge in [0.1, 0.15) is 11.0 Å². The summed E-state index contributed by atoms with van der Waals surface area (Å²) in [5.74, 6) is 0. The van der Waals surface area contributed by atoms with Gasteiger partial charge in [-0.25, -0.2) is 0 Å². The lowest BCUT2D eigenvalue weighted by atomic mass is 9.94. The molecule has 9 aromatic rings. The number of hydrogen-bond acceptors (Lipinski definition) is 3. The van der Waals surface area contributed by atoms with Crippen LogP contribution in [0.25, 0.3) is 89.1 Å². The van der Waals surface area contributed by atoms with Gasteiger partial charge in [0, 0.05) is 23.5 Å². The van der Waals surface area contributed by atoms with Gasteiger partial charge in [0.2, 0.25) is 0 Å². The number of fused-ring (bicyclic) bond motifs is 1. The van der Waals surface area contributed by atoms with Crippen molar-refractivity contribution in [1.82, 2.24) is 20.0 Å². The van der Waals surface area contributed by atoms with E-state index in [0.717, 1.165) is 62.9 Å². The lowest BCUT2D eigenvalue weighted by Gasteiger charge is -2.11. The molecule has 0 N–H and O–H groups in total. The van der Waals surface area contributed by atoms with E-state index in [4.69, 9.17) is 10.2 Å². The van der Waals surface area contributed by atoms with Crippen LogP contribution in [0, 0.1) is 0 Å². The van der Waals surface area contributed by atoms with E-state index in [9.17, 15) is 0 Å². The first-order chi connectivity index (χ1) is 28.2. The molecule has 1 aliphatic rings. The Hall–Kier alpha value is -7.43. The highest BCUT2D eigenvalue weighted by Crippen LogP contribution is 2.36. The topological polar surface area (TPSA) is 43.6 Å². The molecule has 270 valence electrons. The van der Waals surface area contributed by atoms with E-state index in [2.05, 4.69) is 181 Å². The molecule has 0 spiro atoms. The molecule has 0 bridgehead atoms. The predicted octanol–water partition coefficient (Wildman–Crippen LogP) is 13.6. The molecule has 0 saturated carbocycles. The first-order valence-electron chi connectivity index (χ1n) is 19.5. The Balaban J connectivity index is 1.01. The molecule has 0 atom stereocenters. The monoisotopic (exact) mass is 730 g/mol. The summed E-state index contributed by atoms with van der Waals surface area (Å²) < 4.78 is 0. The second kappa shape index (κ2) is 15.0. The summed E-state index contributed by atoms with van der Waals surface area (Å²) >= 11 is 0. The number of allylic oxidation sites excluding steroid dienone is 4. The van der Waals surface area contributed by atoms with Gasteiger partial charge >= 0.3 is 0 Å². The zero-order chi connectivity index (χ0) is 38.0. The summed E-state index contributed by atoms with van der Waals surface area (Å²) in [6.45, 7) is 0. The average molecular weight is 731 g/mol. The van der Waals surface area contributed by atoms with E-state index >= 15 is 0 Å². The van der Waals surface area contributed by atoms with E-state index in [1.54, 1.807) is 11.0 Å². The fraction of sp³-hybridized carbons (Fsp3) is 0.0377. The number of rotatable bonds is 8. The van der Waals surface area contributed by atoms with E-state index in [0.29, 0.717) is 0 Å². The fourth-order valence-electron chi connectivity index (χ4n) is 7.73. The summed E-state index contributed by atoms with van der Waals surface area (Å²) in [6, 6.07) is 62.6. The SMILES string of the molecule is C1=CC(c2ccc(-c3ccc(-c4cc(-c5ccc(-c6ccc(-c7ccccc7)cc6)cc5)cc5nn(-c6cccc(-c7cccnc7)c6)nc45)cc3)cc2)=CCC1. The Kier molecular flexibility index (Phi) is 8.98. The van der Waals surface area contributed by atoms with Crippen LogP contribution in [0.4, 0.5) is 0 Å². The standard InChI is InChI=1S/C53H38N4/c1-3-9-37(10-4-1)39-16-20-41(21-17-39)43-24-26-45(27-25-43)49-34-51(46-30-28-44(29-31-46)42-22-18-40(19-23-42)38-11-5-2-6-12-38)53-52(35-49)55-57(56-53)50-15-7-13-47(33-50)48-14-8-32-54-36-48/h1,3-5,7-36H,2,6H2. The summed E-state index contributed by atoms with van der Waals surface area (Å²) in [5, 5.41) is 10.2. The normalized spacial score (nSPS) is 12.5. The van der Waals surface area contributed by atoms with Crippen LogP contribution >= 0.6 is 0 Å². The third-order valence-corrected chi connectivity index (χ3v) is 10.8. The number of nitrogens with zero attached hydrogens (tertiary/aromatic N) is 4. The minimum Gasteiger partial charge on any atom is -0.264 e. The Labute approximate surface area is 332 Å². The molecule has 0 fully saturated rings. The molecule has 0 unspecified atom stereocenters. The van der Waals surface area contributed by atoms with Gasteiger partial charge in [-0.05, 0) is 110 Å². The van der Waals surface area contributed by atoms with Gasteiger partial charge in [-0.15, -0.1) is 10.2 Å². The van der Waals surface area contributed by atoms with Crippen molar-refractivity contribution in [3.05, 3.63) is 212 Å². The van der Waals surface area contributed by atoms with E-state index in [1.165, 1.54) is 44.5 Å². The van der Waals surface area contributed by atoms with Gasteiger partial charge in [-0.3, -0.25) is 4.98 Å².